The number of hydrogen-bond donors (Lipinski definition) is 1. The second-order valence-electron chi connectivity index (χ2n) is 5.96. The first kappa shape index (κ1) is 18.1. The van der Waals surface area contributed by atoms with Gasteiger partial charge in [-0.2, -0.15) is 0 Å². The number of aryl methyl sites for hydroxylation is 2. The molecular weight excluding hydrogens is 348 g/mol. The summed E-state index contributed by atoms with van der Waals surface area (Å²) in [6, 6.07) is 13.7. The van der Waals surface area contributed by atoms with E-state index in [0.29, 0.717) is 22.6 Å². The number of nitrogens with zero attached hydrogens (tertiary/aromatic N) is 1. The maximum Gasteiger partial charge on any atom is 0.270 e. The molecule has 7 heteroatoms. The molecule has 0 aliphatic heterocycles. The minimum absolute atomic E-state index is 0.0432. The summed E-state index contributed by atoms with van der Waals surface area (Å²) in [6.07, 6.45) is 0. The molecule has 0 aliphatic rings. The van der Waals surface area contributed by atoms with Gasteiger partial charge in [0.2, 0.25) is 0 Å². The molecule has 1 amide bonds. The van der Waals surface area contributed by atoms with E-state index in [1.807, 2.05) is 0 Å². The molecule has 0 spiro atoms. The molecular formula is C20H16N2O5. The first-order valence-electron chi connectivity index (χ1n) is 8.13. The van der Waals surface area contributed by atoms with Gasteiger partial charge in [0.1, 0.15) is 11.5 Å². The molecule has 0 bridgehead atoms. The summed E-state index contributed by atoms with van der Waals surface area (Å²) in [6.45, 7) is 3.38. The van der Waals surface area contributed by atoms with Crippen LogP contribution >= 0.6 is 0 Å². The van der Waals surface area contributed by atoms with Gasteiger partial charge in [0.15, 0.2) is 5.78 Å². The van der Waals surface area contributed by atoms with Crippen LogP contribution in [0, 0.1) is 24.0 Å². The number of nitro groups is 1. The molecule has 27 heavy (non-hydrogen) atoms. The summed E-state index contributed by atoms with van der Waals surface area (Å²) < 4.78 is 5.35. The van der Waals surface area contributed by atoms with Crippen LogP contribution in [0.2, 0.25) is 0 Å². The Labute approximate surface area is 154 Å². The second kappa shape index (κ2) is 7.25. The Bertz CT molecular complexity index is 1040. The van der Waals surface area contributed by atoms with Gasteiger partial charge < -0.3 is 9.73 Å². The van der Waals surface area contributed by atoms with Gasteiger partial charge in [0.25, 0.3) is 11.6 Å². The number of nitrogens with one attached hydrogen (secondary N) is 1. The van der Waals surface area contributed by atoms with E-state index < -0.39 is 16.6 Å². The van der Waals surface area contributed by atoms with E-state index in [4.69, 9.17) is 4.42 Å². The van der Waals surface area contributed by atoms with Crippen molar-refractivity contribution < 1.29 is 18.9 Å². The molecule has 1 N–H and O–H groups in total. The summed E-state index contributed by atoms with van der Waals surface area (Å²) in [5, 5.41) is 13.8. The third-order valence-electron chi connectivity index (χ3n) is 4.03. The monoisotopic (exact) mass is 364 g/mol. The Hall–Kier alpha value is -3.74. The van der Waals surface area contributed by atoms with Crippen LogP contribution < -0.4 is 5.32 Å². The lowest BCUT2D eigenvalue weighted by atomic mass is 10.0. The zero-order valence-electron chi connectivity index (χ0n) is 14.7. The van der Waals surface area contributed by atoms with Gasteiger partial charge in [-0.1, -0.05) is 30.3 Å². The highest BCUT2D eigenvalue weighted by atomic mass is 16.6. The van der Waals surface area contributed by atoms with Gasteiger partial charge in [-0.3, -0.25) is 19.7 Å². The van der Waals surface area contributed by atoms with Crippen molar-refractivity contribution in [2.45, 2.75) is 13.8 Å². The fourth-order valence-electron chi connectivity index (χ4n) is 2.73. The molecule has 0 fully saturated rings. The van der Waals surface area contributed by atoms with E-state index in [0.717, 1.165) is 0 Å². The van der Waals surface area contributed by atoms with E-state index in [9.17, 15) is 19.7 Å². The second-order valence-corrected chi connectivity index (χ2v) is 5.96. The number of amides is 1. The zero-order valence-corrected chi connectivity index (χ0v) is 14.7. The lowest BCUT2D eigenvalue weighted by Crippen LogP contribution is -2.15. The van der Waals surface area contributed by atoms with E-state index in [2.05, 4.69) is 5.32 Å². The van der Waals surface area contributed by atoms with Crippen molar-refractivity contribution >= 4 is 23.1 Å². The number of ketones is 1. The SMILES string of the molecule is Cc1cc(C(=O)Nc2ccc([N+](=O)[O-])cc2C(=O)c2ccccc2)c(C)o1. The summed E-state index contributed by atoms with van der Waals surface area (Å²) in [7, 11) is 0. The summed E-state index contributed by atoms with van der Waals surface area (Å²) in [5.41, 5.74) is 0.703. The topological polar surface area (TPSA) is 102 Å². The highest BCUT2D eigenvalue weighted by molar-refractivity contribution is 6.15. The first-order chi connectivity index (χ1) is 12.9. The number of carbonyl (C=O) groups is 2. The van der Waals surface area contributed by atoms with Gasteiger partial charge in [-0.15, -0.1) is 0 Å². The average Bonchev–Trinajstić information content (AvgIpc) is 3.00. The predicted octanol–water partition coefficient (Wildman–Crippen LogP) is 4.29. The third kappa shape index (κ3) is 3.77. The Balaban J connectivity index is 2.02. The first-order valence-corrected chi connectivity index (χ1v) is 8.13. The summed E-state index contributed by atoms with van der Waals surface area (Å²) in [4.78, 5) is 35.9. The van der Waals surface area contributed by atoms with Crippen LogP contribution in [-0.2, 0) is 0 Å². The van der Waals surface area contributed by atoms with Crippen LogP contribution in [-0.4, -0.2) is 16.6 Å². The predicted molar refractivity (Wildman–Crippen MR) is 99.1 cm³/mol. The molecule has 0 unspecified atom stereocenters. The van der Waals surface area contributed by atoms with E-state index in [1.54, 1.807) is 50.2 Å². The van der Waals surface area contributed by atoms with Crippen molar-refractivity contribution in [3.8, 4) is 0 Å². The molecule has 0 saturated carbocycles. The maximum atomic E-state index is 12.8. The highest BCUT2D eigenvalue weighted by Crippen LogP contribution is 2.26. The largest absolute Gasteiger partial charge is 0.466 e. The Morgan fingerprint density at radius 2 is 1.70 bits per heavy atom. The van der Waals surface area contributed by atoms with Crippen molar-refractivity contribution in [3.63, 3.8) is 0 Å². The number of benzene rings is 2. The number of hydrogen-bond acceptors (Lipinski definition) is 5. The normalized spacial score (nSPS) is 10.4. The molecule has 3 aromatic rings. The highest BCUT2D eigenvalue weighted by Gasteiger charge is 2.21. The fourth-order valence-corrected chi connectivity index (χ4v) is 2.73. The van der Waals surface area contributed by atoms with Gasteiger partial charge in [0, 0.05) is 17.7 Å². The lowest BCUT2D eigenvalue weighted by Gasteiger charge is -2.10. The lowest BCUT2D eigenvalue weighted by molar-refractivity contribution is -0.384. The van der Waals surface area contributed by atoms with Crippen molar-refractivity contribution in [1.29, 1.82) is 0 Å². The Morgan fingerprint density at radius 1 is 1.00 bits per heavy atom. The fraction of sp³-hybridized carbons (Fsp3) is 0.100. The number of anilines is 1. The summed E-state index contributed by atoms with van der Waals surface area (Å²) in [5.74, 6) is 0.153. The van der Waals surface area contributed by atoms with Crippen molar-refractivity contribution in [1.82, 2.24) is 0 Å². The molecule has 1 heterocycles. The zero-order chi connectivity index (χ0) is 19.6. The van der Waals surface area contributed by atoms with Crippen molar-refractivity contribution in [2.24, 2.45) is 0 Å². The van der Waals surface area contributed by atoms with Crippen molar-refractivity contribution in [2.75, 3.05) is 5.32 Å². The number of carbonyl (C=O) groups excluding carboxylic acids is 2. The van der Waals surface area contributed by atoms with Crippen LogP contribution in [0.25, 0.3) is 0 Å². The average molecular weight is 364 g/mol. The van der Waals surface area contributed by atoms with Gasteiger partial charge in [0.05, 0.1) is 21.7 Å². The molecule has 0 radical (unpaired) electrons. The molecule has 3 rings (SSSR count). The standard InChI is InChI=1S/C20H16N2O5/c1-12-10-16(13(2)27-12)20(24)21-18-9-8-15(22(25)26)11-17(18)19(23)14-6-4-3-5-7-14/h3-11H,1-2H3,(H,21,24). The van der Waals surface area contributed by atoms with Gasteiger partial charge >= 0.3 is 0 Å². The van der Waals surface area contributed by atoms with Crippen LogP contribution in [0.1, 0.15) is 37.8 Å². The quantitative estimate of drug-likeness (QED) is 0.413. The smallest absolute Gasteiger partial charge is 0.270 e. The molecule has 2 aromatic carbocycles. The van der Waals surface area contributed by atoms with Gasteiger partial charge in [-0.25, -0.2) is 0 Å². The number of nitro benzene ring substituents is 1. The molecule has 1 aromatic heterocycles. The Morgan fingerprint density at radius 3 is 2.30 bits per heavy atom. The molecule has 136 valence electrons. The van der Waals surface area contributed by atoms with E-state index in [-0.39, 0.29) is 16.9 Å². The van der Waals surface area contributed by atoms with Crippen molar-refractivity contribution in [3.05, 3.63) is 92.9 Å². The Kier molecular flexibility index (Phi) is 4.85. The van der Waals surface area contributed by atoms with Crippen LogP contribution in [0.15, 0.2) is 59.0 Å². The molecule has 7 nitrogen and oxygen atoms in total. The number of rotatable bonds is 5. The summed E-state index contributed by atoms with van der Waals surface area (Å²) >= 11 is 0. The third-order valence-corrected chi connectivity index (χ3v) is 4.03. The molecule has 0 saturated heterocycles. The van der Waals surface area contributed by atoms with Gasteiger partial charge in [-0.05, 0) is 26.0 Å². The maximum absolute atomic E-state index is 12.8. The minimum atomic E-state index is -0.586. The van der Waals surface area contributed by atoms with E-state index in [1.165, 1.54) is 18.2 Å². The van der Waals surface area contributed by atoms with Crippen LogP contribution in [0.4, 0.5) is 11.4 Å². The molecule has 0 atom stereocenters. The van der Waals surface area contributed by atoms with Crippen LogP contribution in [0.3, 0.4) is 0 Å². The number of furan rings is 1. The van der Waals surface area contributed by atoms with Crippen LogP contribution in [0.5, 0.6) is 0 Å². The number of non-ortho nitro benzene ring substituents is 1. The minimum Gasteiger partial charge on any atom is -0.466 e. The van der Waals surface area contributed by atoms with E-state index >= 15 is 0 Å². The molecule has 0 aliphatic carbocycles.